The molecule has 13 heteroatoms. The molecule has 9 atom stereocenters. The molecular weight excluding hydrogens is 666 g/mol. The molecule has 0 saturated carbocycles. The molecule has 13 nitrogen and oxygen atoms in total. The highest BCUT2D eigenvalue weighted by Crippen LogP contribution is 2.29. The summed E-state index contributed by atoms with van der Waals surface area (Å²) in [7, 11) is 6.75. The number of likely N-dealkylation sites (tertiary alicyclic amines) is 1. The second-order valence-corrected chi connectivity index (χ2v) is 15.6. The number of hydrogen-bond acceptors (Lipinski definition) is 8. The van der Waals surface area contributed by atoms with E-state index in [0.29, 0.717) is 13.0 Å². The lowest BCUT2D eigenvalue weighted by Crippen LogP contribution is -2.60. The number of carbonyl (C=O) groups is 5. The second kappa shape index (κ2) is 23.1. The van der Waals surface area contributed by atoms with Crippen LogP contribution in [0.1, 0.15) is 114 Å². The highest BCUT2D eigenvalue weighted by atomic mass is 16.5. The molecule has 0 aromatic heterocycles. The molecule has 0 aromatic rings. The average Bonchev–Trinajstić information content (AvgIpc) is 3.57. The molecule has 0 bridgehead atoms. The second-order valence-electron chi connectivity index (χ2n) is 15.6. The van der Waals surface area contributed by atoms with E-state index in [2.05, 4.69) is 22.5 Å². The Morgan fingerprint density at radius 2 is 1.50 bits per heavy atom. The van der Waals surface area contributed by atoms with Gasteiger partial charge in [0.2, 0.25) is 23.6 Å². The van der Waals surface area contributed by atoms with Crippen LogP contribution in [0.3, 0.4) is 0 Å². The SMILES string of the molecule is CCCCCCN(C)[C@H](C(=O)N[C@H](C(=O)N(C)[C@@H]([C@@H](C)CC)[C@@H](CC(=O)N1CCC[C@H]1[C@H](OC)[C@@H](C)C(=O)N[C@@H](C)C(=O)O)OC)C(C)C)C(C)C. The third-order valence-electron chi connectivity index (χ3n) is 11.0. The lowest BCUT2D eigenvalue weighted by atomic mass is 9.89. The van der Waals surface area contributed by atoms with E-state index < -0.39 is 54.2 Å². The molecule has 3 N–H and O–H groups in total. The first-order chi connectivity index (χ1) is 24.4. The van der Waals surface area contributed by atoms with Gasteiger partial charge in [0.15, 0.2) is 0 Å². The van der Waals surface area contributed by atoms with Crippen LogP contribution in [0.2, 0.25) is 0 Å². The summed E-state index contributed by atoms with van der Waals surface area (Å²) in [6, 6.07) is -3.07. The Morgan fingerprint density at radius 1 is 0.865 bits per heavy atom. The van der Waals surface area contributed by atoms with Gasteiger partial charge in [0.05, 0.1) is 42.7 Å². The zero-order valence-corrected chi connectivity index (χ0v) is 34.6. The Balaban J connectivity index is 3.25. The van der Waals surface area contributed by atoms with Gasteiger partial charge >= 0.3 is 5.97 Å². The van der Waals surface area contributed by atoms with Crippen LogP contribution >= 0.6 is 0 Å². The summed E-state index contributed by atoms with van der Waals surface area (Å²) in [6.45, 7) is 18.5. The van der Waals surface area contributed by atoms with E-state index in [1.54, 1.807) is 30.9 Å². The standard InChI is InChI=1S/C39H73N5O8/c1-14-16-17-18-21-42(10)33(25(5)6)37(47)41-32(24(3)4)38(48)43(11)34(26(7)15-2)30(51-12)23-31(45)44-22-19-20-29(44)35(52-13)27(8)36(46)40-28(9)39(49)50/h24-30,32-35H,14-23H2,1-13H3,(H,40,46)(H,41,47)(H,49,50)/t26-,27+,28-,29-,30+,32-,33-,34-,35+/m0/s1. The maximum Gasteiger partial charge on any atom is 0.325 e. The highest BCUT2D eigenvalue weighted by molar-refractivity contribution is 5.90. The zero-order chi connectivity index (χ0) is 39.9. The predicted octanol–water partition coefficient (Wildman–Crippen LogP) is 4.17. The van der Waals surface area contributed by atoms with Crippen molar-refractivity contribution >= 4 is 29.6 Å². The van der Waals surface area contributed by atoms with Crippen molar-refractivity contribution < 1.29 is 38.6 Å². The molecule has 1 fully saturated rings. The van der Waals surface area contributed by atoms with Crippen LogP contribution < -0.4 is 10.6 Å². The molecule has 1 aliphatic rings. The van der Waals surface area contributed by atoms with Crippen LogP contribution in [0.15, 0.2) is 0 Å². The number of nitrogens with zero attached hydrogens (tertiary/aromatic N) is 3. The van der Waals surface area contributed by atoms with Crippen LogP contribution in [0.4, 0.5) is 0 Å². The Kier molecular flexibility index (Phi) is 21.0. The van der Waals surface area contributed by atoms with Gasteiger partial charge in [-0.05, 0) is 57.5 Å². The molecule has 302 valence electrons. The molecule has 0 unspecified atom stereocenters. The van der Waals surface area contributed by atoms with Crippen LogP contribution in [0.25, 0.3) is 0 Å². The number of amides is 4. The maximum absolute atomic E-state index is 14.3. The quantitative estimate of drug-likeness (QED) is 0.124. The number of hydrogen-bond donors (Lipinski definition) is 3. The smallest absolute Gasteiger partial charge is 0.325 e. The number of likely N-dealkylation sites (N-methyl/N-ethyl adjacent to an activating group) is 2. The Labute approximate surface area is 314 Å². The molecule has 1 aliphatic heterocycles. The number of methoxy groups -OCH3 is 2. The van der Waals surface area contributed by atoms with E-state index in [0.717, 1.165) is 45.1 Å². The molecule has 1 heterocycles. The van der Waals surface area contributed by atoms with E-state index >= 15 is 0 Å². The fourth-order valence-electron chi connectivity index (χ4n) is 7.62. The van der Waals surface area contributed by atoms with Gasteiger partial charge in [-0.15, -0.1) is 0 Å². The first kappa shape index (κ1) is 47.3. The topological polar surface area (TPSA) is 158 Å². The minimum absolute atomic E-state index is 0.00361. The van der Waals surface area contributed by atoms with Gasteiger partial charge in [-0.2, -0.15) is 0 Å². The monoisotopic (exact) mass is 740 g/mol. The van der Waals surface area contributed by atoms with E-state index in [1.807, 2.05) is 48.6 Å². The van der Waals surface area contributed by atoms with Gasteiger partial charge in [-0.1, -0.05) is 81.1 Å². The maximum atomic E-state index is 14.3. The summed E-state index contributed by atoms with van der Waals surface area (Å²) in [4.78, 5) is 72.0. The molecule has 1 rings (SSSR count). The summed E-state index contributed by atoms with van der Waals surface area (Å²) in [5, 5.41) is 14.9. The molecule has 4 amide bonds. The number of ether oxygens (including phenoxy) is 2. The fourth-order valence-corrected chi connectivity index (χ4v) is 7.62. The molecule has 52 heavy (non-hydrogen) atoms. The Hall–Kier alpha value is -2.77. The van der Waals surface area contributed by atoms with E-state index in [1.165, 1.54) is 14.0 Å². The number of carbonyl (C=O) groups excluding carboxylic acids is 4. The molecule has 0 radical (unpaired) electrons. The molecule has 1 saturated heterocycles. The summed E-state index contributed by atoms with van der Waals surface area (Å²) >= 11 is 0. The number of carboxylic acids is 1. The summed E-state index contributed by atoms with van der Waals surface area (Å²) in [5.74, 6) is -3.05. The van der Waals surface area contributed by atoms with Gasteiger partial charge < -0.3 is 35.0 Å². The van der Waals surface area contributed by atoms with Gasteiger partial charge in [-0.3, -0.25) is 28.9 Å². The molecular formula is C39H73N5O8. The highest BCUT2D eigenvalue weighted by Gasteiger charge is 2.43. The van der Waals surface area contributed by atoms with Gasteiger partial charge in [0.1, 0.15) is 12.1 Å². The fraction of sp³-hybridized carbons (Fsp3) is 0.872. The van der Waals surface area contributed by atoms with Crippen molar-refractivity contribution in [3.8, 4) is 0 Å². The van der Waals surface area contributed by atoms with Crippen molar-refractivity contribution in [1.82, 2.24) is 25.3 Å². The minimum atomic E-state index is -1.14. The summed E-state index contributed by atoms with van der Waals surface area (Å²) < 4.78 is 11.8. The summed E-state index contributed by atoms with van der Waals surface area (Å²) in [5.41, 5.74) is 0. The summed E-state index contributed by atoms with van der Waals surface area (Å²) in [6.07, 6.45) is 5.22. The number of nitrogens with one attached hydrogen (secondary N) is 2. The van der Waals surface area contributed by atoms with Crippen molar-refractivity contribution in [1.29, 1.82) is 0 Å². The average molecular weight is 740 g/mol. The first-order valence-corrected chi connectivity index (χ1v) is 19.5. The predicted molar refractivity (Wildman–Crippen MR) is 204 cm³/mol. The van der Waals surface area contributed by atoms with Crippen molar-refractivity contribution in [3.63, 3.8) is 0 Å². The van der Waals surface area contributed by atoms with Crippen LogP contribution in [-0.4, -0.2) is 133 Å². The van der Waals surface area contributed by atoms with Crippen LogP contribution in [-0.2, 0) is 33.4 Å². The van der Waals surface area contributed by atoms with Gasteiger partial charge in [-0.25, -0.2) is 0 Å². The number of unbranched alkanes of at least 4 members (excludes halogenated alkanes) is 3. The minimum Gasteiger partial charge on any atom is -0.480 e. The Morgan fingerprint density at radius 3 is 2.00 bits per heavy atom. The van der Waals surface area contributed by atoms with Crippen molar-refractivity contribution in [2.75, 3.05) is 41.4 Å². The number of carboxylic acid groups (broad SMARTS) is 1. The van der Waals surface area contributed by atoms with Gasteiger partial charge in [0, 0.05) is 27.8 Å². The van der Waals surface area contributed by atoms with Gasteiger partial charge in [0.25, 0.3) is 0 Å². The number of rotatable bonds is 24. The van der Waals surface area contributed by atoms with Crippen molar-refractivity contribution in [2.45, 2.75) is 156 Å². The lowest BCUT2D eigenvalue weighted by Gasteiger charge is -2.41. The number of aliphatic carboxylic acids is 1. The third-order valence-corrected chi connectivity index (χ3v) is 11.0. The molecule has 0 aliphatic carbocycles. The largest absolute Gasteiger partial charge is 0.480 e. The first-order valence-electron chi connectivity index (χ1n) is 19.5. The normalized spacial score (nSPS) is 19.5. The van der Waals surface area contributed by atoms with Crippen molar-refractivity contribution in [2.24, 2.45) is 23.7 Å². The zero-order valence-electron chi connectivity index (χ0n) is 34.6. The molecule has 0 spiro atoms. The lowest BCUT2D eigenvalue weighted by molar-refractivity contribution is -0.148. The van der Waals surface area contributed by atoms with Crippen molar-refractivity contribution in [3.05, 3.63) is 0 Å². The van der Waals surface area contributed by atoms with Crippen LogP contribution in [0.5, 0.6) is 0 Å². The van der Waals surface area contributed by atoms with E-state index in [4.69, 9.17) is 9.47 Å². The van der Waals surface area contributed by atoms with E-state index in [-0.39, 0.29) is 47.9 Å². The Bertz CT molecular complexity index is 1140. The third kappa shape index (κ3) is 13.3. The molecule has 0 aromatic carbocycles. The van der Waals surface area contributed by atoms with E-state index in [9.17, 15) is 29.1 Å². The van der Waals surface area contributed by atoms with Crippen LogP contribution in [0, 0.1) is 23.7 Å².